The number of aromatic nitrogens is 1. The molecule has 2 aromatic rings. The molecule has 0 saturated heterocycles. The predicted octanol–water partition coefficient (Wildman–Crippen LogP) is 4.03. The van der Waals surface area contributed by atoms with Gasteiger partial charge in [0.25, 0.3) is 0 Å². The third kappa shape index (κ3) is 3.33. The Morgan fingerprint density at radius 2 is 1.96 bits per heavy atom. The van der Waals surface area contributed by atoms with Crippen LogP contribution < -0.4 is 0 Å². The van der Waals surface area contributed by atoms with E-state index in [9.17, 15) is 18.3 Å². The number of alkyl halides is 3. The number of aryl methyl sites for hydroxylation is 1. The SMILES string of the molecule is CCSCC(C)(O)c1cc2cc(C#N)c(C(F)(F)F)cc2n1C. The number of nitrogens with zero attached hydrogens (tertiary/aromatic N) is 2. The fraction of sp³-hybridized carbons (Fsp3) is 0.438. The number of thioether (sulfide) groups is 1. The van der Waals surface area contributed by atoms with Crippen LogP contribution in [0.5, 0.6) is 0 Å². The Labute approximate surface area is 136 Å². The molecular formula is C16H17F3N2OS. The number of nitriles is 1. The van der Waals surface area contributed by atoms with Gasteiger partial charge >= 0.3 is 6.18 Å². The molecule has 23 heavy (non-hydrogen) atoms. The average molecular weight is 342 g/mol. The molecule has 0 aliphatic carbocycles. The maximum Gasteiger partial charge on any atom is 0.417 e. The molecule has 1 aromatic heterocycles. The summed E-state index contributed by atoms with van der Waals surface area (Å²) >= 11 is 1.55. The summed E-state index contributed by atoms with van der Waals surface area (Å²) in [5.74, 6) is 1.27. The Bertz CT molecular complexity index is 772. The summed E-state index contributed by atoms with van der Waals surface area (Å²) in [5, 5.41) is 20.1. The van der Waals surface area contributed by atoms with Crippen LogP contribution in [-0.2, 0) is 18.8 Å². The quantitative estimate of drug-likeness (QED) is 0.913. The van der Waals surface area contributed by atoms with Crippen molar-refractivity contribution in [1.82, 2.24) is 4.57 Å². The van der Waals surface area contributed by atoms with Crippen LogP contribution in [0.15, 0.2) is 18.2 Å². The zero-order valence-electron chi connectivity index (χ0n) is 13.0. The molecule has 3 nitrogen and oxygen atoms in total. The van der Waals surface area contributed by atoms with Gasteiger partial charge in [-0.05, 0) is 30.9 Å². The van der Waals surface area contributed by atoms with Crippen molar-refractivity contribution in [2.24, 2.45) is 7.05 Å². The first kappa shape index (κ1) is 17.7. The van der Waals surface area contributed by atoms with E-state index in [2.05, 4.69) is 0 Å². The molecule has 0 saturated carbocycles. The highest BCUT2D eigenvalue weighted by molar-refractivity contribution is 7.99. The summed E-state index contributed by atoms with van der Waals surface area (Å²) < 4.78 is 40.8. The molecule has 0 bridgehead atoms. The van der Waals surface area contributed by atoms with Crippen molar-refractivity contribution in [3.63, 3.8) is 0 Å². The summed E-state index contributed by atoms with van der Waals surface area (Å²) in [6.45, 7) is 3.61. The fourth-order valence-electron chi connectivity index (χ4n) is 2.60. The van der Waals surface area contributed by atoms with Crippen LogP contribution in [0.3, 0.4) is 0 Å². The lowest BCUT2D eigenvalue weighted by molar-refractivity contribution is -0.137. The monoisotopic (exact) mass is 342 g/mol. The van der Waals surface area contributed by atoms with E-state index in [-0.39, 0.29) is 0 Å². The van der Waals surface area contributed by atoms with Gasteiger partial charge in [0, 0.05) is 23.7 Å². The van der Waals surface area contributed by atoms with Crippen molar-refractivity contribution in [3.8, 4) is 6.07 Å². The standard InChI is InChI=1S/C16H17F3N2OS/c1-4-23-9-15(2,22)14-6-10-5-11(8-20)12(16(17,18)19)7-13(10)21(14)3/h5-7,22H,4,9H2,1-3H3. The van der Waals surface area contributed by atoms with E-state index < -0.39 is 22.9 Å². The molecule has 1 N–H and O–H groups in total. The van der Waals surface area contributed by atoms with Crippen molar-refractivity contribution in [3.05, 3.63) is 35.0 Å². The number of halogens is 3. The Kier molecular flexibility index (Phi) is 4.69. The highest BCUT2D eigenvalue weighted by Gasteiger charge is 2.35. The van der Waals surface area contributed by atoms with Gasteiger partial charge in [-0.1, -0.05) is 6.92 Å². The first-order valence-electron chi connectivity index (χ1n) is 7.03. The van der Waals surface area contributed by atoms with Crippen LogP contribution in [0.1, 0.15) is 30.7 Å². The van der Waals surface area contributed by atoms with Gasteiger partial charge in [-0.25, -0.2) is 0 Å². The molecule has 0 spiro atoms. The molecule has 0 fully saturated rings. The van der Waals surface area contributed by atoms with E-state index >= 15 is 0 Å². The Morgan fingerprint density at radius 1 is 1.30 bits per heavy atom. The van der Waals surface area contributed by atoms with Gasteiger partial charge in [-0.2, -0.15) is 30.2 Å². The number of aliphatic hydroxyl groups is 1. The second-order valence-electron chi connectivity index (χ2n) is 5.57. The largest absolute Gasteiger partial charge is 0.417 e. The van der Waals surface area contributed by atoms with Crippen molar-refractivity contribution < 1.29 is 18.3 Å². The first-order valence-corrected chi connectivity index (χ1v) is 8.18. The van der Waals surface area contributed by atoms with Gasteiger partial charge in [0.05, 0.1) is 22.9 Å². The van der Waals surface area contributed by atoms with Gasteiger partial charge in [0.1, 0.15) is 5.60 Å². The number of fused-ring (bicyclic) bond motifs is 1. The van der Waals surface area contributed by atoms with E-state index in [4.69, 9.17) is 5.26 Å². The maximum absolute atomic E-state index is 13.1. The minimum atomic E-state index is -4.59. The Morgan fingerprint density at radius 3 is 2.48 bits per heavy atom. The zero-order chi connectivity index (χ0) is 17.4. The van der Waals surface area contributed by atoms with Crippen molar-refractivity contribution >= 4 is 22.7 Å². The summed E-state index contributed by atoms with van der Waals surface area (Å²) in [4.78, 5) is 0. The van der Waals surface area contributed by atoms with Crippen molar-refractivity contribution in [2.75, 3.05) is 11.5 Å². The minimum absolute atomic E-state index is 0.341. The average Bonchev–Trinajstić information content (AvgIpc) is 2.80. The minimum Gasteiger partial charge on any atom is -0.383 e. The first-order chi connectivity index (χ1) is 10.6. The third-order valence-electron chi connectivity index (χ3n) is 3.75. The van der Waals surface area contributed by atoms with E-state index in [1.165, 1.54) is 6.07 Å². The van der Waals surface area contributed by atoms with Crippen LogP contribution in [0.4, 0.5) is 13.2 Å². The second-order valence-corrected chi connectivity index (χ2v) is 6.84. The van der Waals surface area contributed by atoms with Gasteiger partial charge in [-0.15, -0.1) is 0 Å². The van der Waals surface area contributed by atoms with E-state index in [1.54, 1.807) is 42.4 Å². The number of hydrogen-bond acceptors (Lipinski definition) is 3. The molecule has 1 aromatic carbocycles. The lowest BCUT2D eigenvalue weighted by atomic mass is 10.0. The van der Waals surface area contributed by atoms with Gasteiger partial charge in [-0.3, -0.25) is 0 Å². The molecule has 1 unspecified atom stereocenters. The molecule has 0 aliphatic heterocycles. The van der Waals surface area contributed by atoms with Gasteiger partial charge in [0.2, 0.25) is 0 Å². The van der Waals surface area contributed by atoms with Crippen LogP contribution in [0, 0.1) is 11.3 Å². The summed E-state index contributed by atoms with van der Waals surface area (Å²) in [6.07, 6.45) is -4.59. The predicted molar refractivity (Wildman–Crippen MR) is 85.2 cm³/mol. The highest BCUT2D eigenvalue weighted by atomic mass is 32.2. The van der Waals surface area contributed by atoms with Crippen molar-refractivity contribution in [1.29, 1.82) is 5.26 Å². The zero-order valence-corrected chi connectivity index (χ0v) is 13.8. The highest BCUT2D eigenvalue weighted by Crippen LogP contribution is 2.37. The smallest absolute Gasteiger partial charge is 0.383 e. The molecule has 2 rings (SSSR count). The number of hydrogen-bond donors (Lipinski definition) is 1. The third-order valence-corrected chi connectivity index (χ3v) is 4.92. The molecule has 0 radical (unpaired) electrons. The molecular weight excluding hydrogens is 325 g/mol. The van der Waals surface area contributed by atoms with E-state index in [0.29, 0.717) is 22.3 Å². The lowest BCUT2D eigenvalue weighted by Crippen LogP contribution is -2.27. The summed E-state index contributed by atoms with van der Waals surface area (Å²) in [7, 11) is 1.62. The Hall–Kier alpha value is -1.65. The normalized spacial score (nSPS) is 14.7. The molecule has 1 heterocycles. The molecule has 1 atom stereocenters. The molecule has 0 aliphatic rings. The molecule has 7 heteroatoms. The van der Waals surface area contributed by atoms with E-state index in [0.717, 1.165) is 11.8 Å². The summed E-state index contributed by atoms with van der Waals surface area (Å²) in [6, 6.07) is 5.45. The number of rotatable bonds is 4. The van der Waals surface area contributed by atoms with Crippen molar-refractivity contribution in [2.45, 2.75) is 25.6 Å². The van der Waals surface area contributed by atoms with Gasteiger partial charge in [0.15, 0.2) is 0 Å². The van der Waals surface area contributed by atoms with E-state index in [1.807, 2.05) is 6.92 Å². The fourth-order valence-corrected chi connectivity index (χ4v) is 3.35. The molecule has 124 valence electrons. The molecule has 0 amide bonds. The van der Waals surface area contributed by atoms with Crippen LogP contribution >= 0.6 is 11.8 Å². The topological polar surface area (TPSA) is 48.9 Å². The Balaban J connectivity index is 2.66. The van der Waals surface area contributed by atoms with Crippen LogP contribution in [0.2, 0.25) is 0 Å². The summed E-state index contributed by atoms with van der Waals surface area (Å²) in [5.41, 5.74) is -1.67. The maximum atomic E-state index is 13.1. The lowest BCUT2D eigenvalue weighted by Gasteiger charge is -2.23. The van der Waals surface area contributed by atoms with Crippen LogP contribution in [0.25, 0.3) is 10.9 Å². The van der Waals surface area contributed by atoms with Gasteiger partial charge < -0.3 is 9.67 Å². The van der Waals surface area contributed by atoms with Crippen LogP contribution in [-0.4, -0.2) is 21.2 Å². The second kappa shape index (κ2) is 6.10. The number of benzene rings is 1.